The lowest BCUT2D eigenvalue weighted by atomic mass is 10.0. The van der Waals surface area contributed by atoms with Crippen molar-refractivity contribution in [1.29, 1.82) is 0 Å². The van der Waals surface area contributed by atoms with Crippen molar-refractivity contribution in [2.24, 2.45) is 0 Å². The highest BCUT2D eigenvalue weighted by atomic mass is 16.6. The van der Waals surface area contributed by atoms with E-state index in [4.69, 9.17) is 14.2 Å². The molecular weight excluding hydrogens is 925 g/mol. The maximum Gasteiger partial charge on any atom is 0.306 e. The lowest BCUT2D eigenvalue weighted by Crippen LogP contribution is -2.30. The van der Waals surface area contributed by atoms with Gasteiger partial charge in [-0.1, -0.05) is 281 Å². The van der Waals surface area contributed by atoms with Crippen molar-refractivity contribution < 1.29 is 28.6 Å². The number of esters is 3. The first-order valence-electron chi connectivity index (χ1n) is 32.8. The van der Waals surface area contributed by atoms with E-state index in [9.17, 15) is 14.4 Å². The van der Waals surface area contributed by atoms with Gasteiger partial charge in [0.25, 0.3) is 0 Å². The molecule has 75 heavy (non-hydrogen) atoms. The topological polar surface area (TPSA) is 78.9 Å². The molecule has 0 aromatic rings. The molecule has 0 spiro atoms. The van der Waals surface area contributed by atoms with E-state index >= 15 is 0 Å². The number of allylic oxidation sites excluding steroid dienone is 10. The van der Waals surface area contributed by atoms with Gasteiger partial charge in [-0.3, -0.25) is 14.4 Å². The van der Waals surface area contributed by atoms with Gasteiger partial charge in [-0.05, 0) is 103 Å². The van der Waals surface area contributed by atoms with E-state index in [0.29, 0.717) is 19.3 Å². The molecule has 0 rings (SSSR count). The second kappa shape index (κ2) is 63.6. The second-order valence-corrected chi connectivity index (χ2v) is 22.0. The predicted octanol–water partition coefficient (Wildman–Crippen LogP) is 22.3. The summed E-state index contributed by atoms with van der Waals surface area (Å²) in [5.74, 6) is -0.888. The molecular formula is C69H124O6. The van der Waals surface area contributed by atoms with E-state index in [1.165, 1.54) is 212 Å². The van der Waals surface area contributed by atoms with Crippen molar-refractivity contribution in [3.63, 3.8) is 0 Å². The SMILES string of the molecule is CCCC/C=C\CCCCCCCC(=O)OCC(COC(=O)CCCCCCCCCCCCCCC/C=C\CCCCCCCCCC)OC(=O)CCCCCCCC/C=C\C/C=C\C/C=C\CCCCCCC. The summed E-state index contributed by atoms with van der Waals surface area (Å²) < 4.78 is 16.9. The quantitative estimate of drug-likeness (QED) is 0.0261. The van der Waals surface area contributed by atoms with E-state index in [1.807, 2.05) is 0 Å². The first-order chi connectivity index (χ1) is 37.0. The molecule has 1 unspecified atom stereocenters. The number of ether oxygens (including phenoxy) is 3. The fraction of sp³-hybridized carbons (Fsp3) is 0.812. The Kier molecular flexibility index (Phi) is 61.2. The summed E-state index contributed by atoms with van der Waals surface area (Å²) in [5.41, 5.74) is 0. The molecule has 0 aliphatic heterocycles. The highest BCUT2D eigenvalue weighted by molar-refractivity contribution is 5.71. The maximum atomic E-state index is 12.9. The zero-order chi connectivity index (χ0) is 54.3. The van der Waals surface area contributed by atoms with Gasteiger partial charge < -0.3 is 14.2 Å². The Morgan fingerprint density at radius 3 is 0.800 bits per heavy atom. The molecule has 0 aliphatic carbocycles. The maximum absolute atomic E-state index is 12.9. The normalized spacial score (nSPS) is 12.4. The first-order valence-corrected chi connectivity index (χ1v) is 32.8. The molecule has 0 amide bonds. The van der Waals surface area contributed by atoms with E-state index in [2.05, 4.69) is 81.5 Å². The Hall–Kier alpha value is -2.89. The summed E-state index contributed by atoms with van der Waals surface area (Å²) in [6, 6.07) is 0. The standard InChI is InChI=1S/C69H124O6/c1-4-7-10-13-16-19-22-24-26-28-30-32-33-34-35-37-38-40-42-44-47-50-53-56-59-62-68(71)74-65-66(64-73-67(70)61-58-55-52-49-46-21-18-15-12-9-6-3)75-69(72)63-60-57-54-51-48-45-43-41-39-36-31-29-27-25-23-20-17-14-11-8-5-2/h15,18,23,25,28-31,39,41,66H,4-14,16-17,19-22,24,26-27,32-38,40,42-65H2,1-3H3/b18-15-,25-23-,30-28-,31-29-,41-39-. The summed E-state index contributed by atoms with van der Waals surface area (Å²) in [5, 5.41) is 0. The van der Waals surface area contributed by atoms with Crippen LogP contribution in [0, 0.1) is 0 Å². The zero-order valence-electron chi connectivity index (χ0n) is 50.1. The van der Waals surface area contributed by atoms with Crippen molar-refractivity contribution in [1.82, 2.24) is 0 Å². The Morgan fingerprint density at radius 1 is 0.267 bits per heavy atom. The van der Waals surface area contributed by atoms with Crippen LogP contribution in [0.2, 0.25) is 0 Å². The van der Waals surface area contributed by atoms with E-state index < -0.39 is 6.10 Å². The van der Waals surface area contributed by atoms with Crippen molar-refractivity contribution in [3.8, 4) is 0 Å². The predicted molar refractivity (Wildman–Crippen MR) is 325 cm³/mol. The molecule has 6 nitrogen and oxygen atoms in total. The van der Waals surface area contributed by atoms with Crippen LogP contribution in [0.4, 0.5) is 0 Å². The third-order valence-electron chi connectivity index (χ3n) is 14.5. The number of carbonyl (C=O) groups excluding carboxylic acids is 3. The first kappa shape index (κ1) is 72.1. The zero-order valence-corrected chi connectivity index (χ0v) is 50.1. The van der Waals surface area contributed by atoms with Gasteiger partial charge in [0.15, 0.2) is 6.10 Å². The summed E-state index contributed by atoms with van der Waals surface area (Å²) in [6.45, 7) is 6.61. The van der Waals surface area contributed by atoms with E-state index in [-0.39, 0.29) is 31.1 Å². The van der Waals surface area contributed by atoms with E-state index in [0.717, 1.165) is 89.9 Å². The summed E-state index contributed by atoms with van der Waals surface area (Å²) in [7, 11) is 0. The Bertz CT molecular complexity index is 1340. The van der Waals surface area contributed by atoms with Crippen LogP contribution in [0.3, 0.4) is 0 Å². The molecule has 6 heteroatoms. The minimum absolute atomic E-state index is 0.0804. The van der Waals surface area contributed by atoms with Crippen LogP contribution in [-0.4, -0.2) is 37.2 Å². The highest BCUT2D eigenvalue weighted by Crippen LogP contribution is 2.17. The monoisotopic (exact) mass is 1050 g/mol. The fourth-order valence-electron chi connectivity index (χ4n) is 9.49. The van der Waals surface area contributed by atoms with Crippen molar-refractivity contribution in [2.75, 3.05) is 13.2 Å². The van der Waals surface area contributed by atoms with Gasteiger partial charge in [0.1, 0.15) is 13.2 Å². The Morgan fingerprint density at radius 2 is 0.493 bits per heavy atom. The lowest BCUT2D eigenvalue weighted by molar-refractivity contribution is -0.167. The average molecular weight is 1050 g/mol. The van der Waals surface area contributed by atoms with Crippen molar-refractivity contribution in [2.45, 2.75) is 348 Å². The number of rotatable bonds is 60. The molecule has 0 aromatic carbocycles. The second-order valence-electron chi connectivity index (χ2n) is 22.0. The Balaban J connectivity index is 4.26. The van der Waals surface area contributed by atoms with Crippen LogP contribution >= 0.6 is 0 Å². The number of carbonyl (C=O) groups is 3. The van der Waals surface area contributed by atoms with Gasteiger partial charge in [0, 0.05) is 19.3 Å². The van der Waals surface area contributed by atoms with Gasteiger partial charge in [-0.15, -0.1) is 0 Å². The molecule has 0 heterocycles. The smallest absolute Gasteiger partial charge is 0.306 e. The van der Waals surface area contributed by atoms with Crippen LogP contribution in [-0.2, 0) is 28.6 Å². The summed E-state index contributed by atoms with van der Waals surface area (Å²) >= 11 is 0. The Labute approximate surface area is 466 Å². The van der Waals surface area contributed by atoms with E-state index in [1.54, 1.807) is 0 Å². The number of unbranched alkanes of at least 4 members (excludes halogenated alkanes) is 39. The fourth-order valence-corrected chi connectivity index (χ4v) is 9.49. The highest BCUT2D eigenvalue weighted by Gasteiger charge is 2.19. The minimum atomic E-state index is -0.785. The molecule has 0 saturated carbocycles. The van der Waals surface area contributed by atoms with Crippen molar-refractivity contribution in [3.05, 3.63) is 60.8 Å². The van der Waals surface area contributed by atoms with Crippen LogP contribution in [0.15, 0.2) is 60.8 Å². The third-order valence-corrected chi connectivity index (χ3v) is 14.5. The molecule has 0 aliphatic rings. The average Bonchev–Trinajstić information content (AvgIpc) is 3.41. The molecule has 0 fully saturated rings. The largest absolute Gasteiger partial charge is 0.462 e. The third kappa shape index (κ3) is 61.8. The van der Waals surface area contributed by atoms with Crippen LogP contribution in [0.25, 0.3) is 0 Å². The van der Waals surface area contributed by atoms with Crippen LogP contribution < -0.4 is 0 Å². The van der Waals surface area contributed by atoms with Gasteiger partial charge in [-0.25, -0.2) is 0 Å². The molecule has 1 atom stereocenters. The lowest BCUT2D eigenvalue weighted by Gasteiger charge is -2.18. The van der Waals surface area contributed by atoms with Gasteiger partial charge in [0.2, 0.25) is 0 Å². The molecule has 0 radical (unpaired) electrons. The molecule has 0 N–H and O–H groups in total. The summed E-state index contributed by atoms with van der Waals surface area (Å²) in [6.07, 6.45) is 80.9. The van der Waals surface area contributed by atoms with Gasteiger partial charge in [-0.2, -0.15) is 0 Å². The van der Waals surface area contributed by atoms with Crippen LogP contribution in [0.5, 0.6) is 0 Å². The number of hydrogen-bond acceptors (Lipinski definition) is 6. The summed E-state index contributed by atoms with van der Waals surface area (Å²) in [4.78, 5) is 38.3. The van der Waals surface area contributed by atoms with Gasteiger partial charge >= 0.3 is 17.9 Å². The molecule has 436 valence electrons. The minimum Gasteiger partial charge on any atom is -0.462 e. The molecule has 0 bridgehead atoms. The number of hydrogen-bond donors (Lipinski definition) is 0. The van der Waals surface area contributed by atoms with Crippen molar-refractivity contribution >= 4 is 17.9 Å². The molecule has 0 saturated heterocycles. The molecule has 0 aromatic heterocycles. The van der Waals surface area contributed by atoms with Crippen LogP contribution in [0.1, 0.15) is 342 Å². The van der Waals surface area contributed by atoms with Gasteiger partial charge in [0.05, 0.1) is 0 Å².